The third-order valence-electron chi connectivity index (χ3n) is 4.86. The van der Waals surface area contributed by atoms with Gasteiger partial charge in [0.25, 0.3) is 0 Å². The van der Waals surface area contributed by atoms with E-state index in [1.807, 2.05) is 30.3 Å². The highest BCUT2D eigenvalue weighted by Gasteiger charge is 2.32. The number of aliphatic hydroxyl groups excluding tert-OH is 1. The quantitative estimate of drug-likeness (QED) is 0.391. The smallest absolute Gasteiger partial charge is 0.348 e. The summed E-state index contributed by atoms with van der Waals surface area (Å²) in [4.78, 5) is 24.8. The van der Waals surface area contributed by atoms with Crippen LogP contribution in [0.4, 0.5) is 0 Å². The van der Waals surface area contributed by atoms with Gasteiger partial charge in [-0.15, -0.1) is 0 Å². The van der Waals surface area contributed by atoms with Crippen LogP contribution in [0.5, 0.6) is 0 Å². The SMILES string of the molecule is CCCCCCCC(O)C(C)C(=O)OC(C(=O)OCc1ccccc1)C(C)C. The minimum absolute atomic E-state index is 0.135. The van der Waals surface area contributed by atoms with Crippen molar-refractivity contribution in [1.82, 2.24) is 0 Å². The summed E-state index contributed by atoms with van der Waals surface area (Å²) in [5, 5.41) is 10.3. The van der Waals surface area contributed by atoms with E-state index in [9.17, 15) is 14.7 Å². The lowest BCUT2D eigenvalue weighted by Crippen LogP contribution is -2.37. The van der Waals surface area contributed by atoms with Crippen LogP contribution in [-0.4, -0.2) is 29.3 Å². The van der Waals surface area contributed by atoms with E-state index in [4.69, 9.17) is 9.47 Å². The summed E-state index contributed by atoms with van der Waals surface area (Å²) in [5.41, 5.74) is 0.872. The Kier molecular flexibility index (Phi) is 11.5. The molecule has 0 bridgehead atoms. The number of hydrogen-bond acceptors (Lipinski definition) is 5. The summed E-state index contributed by atoms with van der Waals surface area (Å²) in [6, 6.07) is 9.36. The molecule has 158 valence electrons. The molecule has 0 aliphatic heterocycles. The minimum atomic E-state index is -0.976. The lowest BCUT2D eigenvalue weighted by atomic mass is 9.98. The van der Waals surface area contributed by atoms with Gasteiger partial charge in [-0.25, -0.2) is 4.79 Å². The van der Waals surface area contributed by atoms with Crippen molar-refractivity contribution in [2.24, 2.45) is 11.8 Å². The first-order valence-electron chi connectivity index (χ1n) is 10.5. The Morgan fingerprint density at radius 2 is 1.61 bits per heavy atom. The Bertz CT molecular complexity index is 570. The van der Waals surface area contributed by atoms with Crippen molar-refractivity contribution in [2.75, 3.05) is 0 Å². The van der Waals surface area contributed by atoms with Gasteiger partial charge in [0.1, 0.15) is 6.61 Å². The number of carbonyl (C=O) groups is 2. The number of hydrogen-bond donors (Lipinski definition) is 1. The molecule has 1 N–H and O–H groups in total. The molecule has 0 saturated carbocycles. The molecule has 0 aliphatic rings. The Labute approximate surface area is 169 Å². The largest absolute Gasteiger partial charge is 0.458 e. The van der Waals surface area contributed by atoms with Crippen LogP contribution < -0.4 is 0 Å². The van der Waals surface area contributed by atoms with Crippen molar-refractivity contribution >= 4 is 11.9 Å². The third kappa shape index (κ3) is 8.87. The maximum Gasteiger partial charge on any atom is 0.348 e. The van der Waals surface area contributed by atoms with Crippen LogP contribution >= 0.6 is 0 Å². The molecule has 0 radical (unpaired) electrons. The molecule has 0 saturated heterocycles. The van der Waals surface area contributed by atoms with E-state index in [2.05, 4.69) is 6.92 Å². The molecule has 0 heterocycles. The maximum absolute atomic E-state index is 12.4. The van der Waals surface area contributed by atoms with E-state index in [0.29, 0.717) is 6.42 Å². The molecule has 0 spiro atoms. The normalized spacial score (nSPS) is 14.4. The van der Waals surface area contributed by atoms with Gasteiger partial charge >= 0.3 is 11.9 Å². The number of unbranched alkanes of at least 4 members (excludes halogenated alkanes) is 4. The zero-order valence-corrected chi connectivity index (χ0v) is 17.7. The number of aliphatic hydroxyl groups is 1. The zero-order chi connectivity index (χ0) is 20.9. The van der Waals surface area contributed by atoms with Crippen LogP contribution in [0.3, 0.4) is 0 Å². The molecule has 1 aromatic carbocycles. The summed E-state index contributed by atoms with van der Waals surface area (Å²) in [6.45, 7) is 7.54. The first-order valence-corrected chi connectivity index (χ1v) is 10.5. The minimum Gasteiger partial charge on any atom is -0.458 e. The lowest BCUT2D eigenvalue weighted by Gasteiger charge is -2.24. The average Bonchev–Trinajstić information content (AvgIpc) is 2.69. The van der Waals surface area contributed by atoms with Gasteiger partial charge in [-0.2, -0.15) is 0 Å². The standard InChI is InChI=1S/C23H36O5/c1-5-6-7-8-12-15-20(24)18(4)22(25)28-21(17(2)3)23(26)27-16-19-13-10-9-11-14-19/h9-11,13-14,17-18,20-21,24H,5-8,12,15-16H2,1-4H3. The molecule has 28 heavy (non-hydrogen) atoms. The second-order valence-corrected chi connectivity index (χ2v) is 7.75. The molecule has 0 aliphatic carbocycles. The molecular formula is C23H36O5. The number of ether oxygens (including phenoxy) is 2. The maximum atomic E-state index is 12.4. The van der Waals surface area contributed by atoms with E-state index in [-0.39, 0.29) is 12.5 Å². The molecule has 3 unspecified atom stereocenters. The summed E-state index contributed by atoms with van der Waals surface area (Å²) in [7, 11) is 0. The second-order valence-electron chi connectivity index (χ2n) is 7.75. The Balaban J connectivity index is 2.49. The number of benzene rings is 1. The van der Waals surface area contributed by atoms with Crippen molar-refractivity contribution in [3.63, 3.8) is 0 Å². The van der Waals surface area contributed by atoms with E-state index < -0.39 is 30.1 Å². The molecule has 5 heteroatoms. The summed E-state index contributed by atoms with van der Waals surface area (Å²) in [6.07, 6.45) is 4.25. The van der Waals surface area contributed by atoms with Crippen LogP contribution in [0.2, 0.25) is 0 Å². The van der Waals surface area contributed by atoms with Crippen molar-refractivity contribution < 1.29 is 24.2 Å². The van der Waals surface area contributed by atoms with Gasteiger partial charge in [-0.05, 0) is 18.9 Å². The number of rotatable bonds is 13. The predicted octanol–water partition coefficient (Wildman–Crippen LogP) is 4.66. The van der Waals surface area contributed by atoms with Gasteiger partial charge in [0.15, 0.2) is 0 Å². The molecule has 0 aromatic heterocycles. The molecule has 0 fully saturated rings. The summed E-state index contributed by atoms with van der Waals surface area (Å²) >= 11 is 0. The predicted molar refractivity (Wildman–Crippen MR) is 110 cm³/mol. The van der Waals surface area contributed by atoms with E-state index >= 15 is 0 Å². The monoisotopic (exact) mass is 392 g/mol. The van der Waals surface area contributed by atoms with Gasteiger partial charge in [-0.1, -0.05) is 83.2 Å². The summed E-state index contributed by atoms with van der Waals surface area (Å²) < 4.78 is 10.7. The van der Waals surface area contributed by atoms with Crippen molar-refractivity contribution in [3.8, 4) is 0 Å². The highest BCUT2D eigenvalue weighted by Crippen LogP contribution is 2.18. The molecule has 3 atom stereocenters. The summed E-state index contributed by atoms with van der Waals surface area (Å²) in [5.74, 6) is -2.01. The van der Waals surface area contributed by atoms with Gasteiger partial charge in [0, 0.05) is 5.92 Å². The Morgan fingerprint density at radius 3 is 2.21 bits per heavy atom. The van der Waals surface area contributed by atoms with E-state index in [1.54, 1.807) is 20.8 Å². The third-order valence-corrected chi connectivity index (χ3v) is 4.86. The van der Waals surface area contributed by atoms with Crippen molar-refractivity contribution in [3.05, 3.63) is 35.9 Å². The van der Waals surface area contributed by atoms with Gasteiger partial charge in [0.2, 0.25) is 6.10 Å². The molecule has 0 amide bonds. The van der Waals surface area contributed by atoms with Crippen molar-refractivity contribution in [1.29, 1.82) is 0 Å². The molecule has 1 aromatic rings. The Hall–Kier alpha value is -1.88. The fraction of sp³-hybridized carbons (Fsp3) is 0.652. The van der Waals surface area contributed by atoms with Crippen LogP contribution in [0, 0.1) is 11.8 Å². The first kappa shape index (κ1) is 24.2. The number of esters is 2. The second kappa shape index (κ2) is 13.3. The fourth-order valence-corrected chi connectivity index (χ4v) is 2.86. The number of carbonyl (C=O) groups excluding carboxylic acids is 2. The highest BCUT2D eigenvalue weighted by atomic mass is 16.6. The average molecular weight is 393 g/mol. The van der Waals surface area contributed by atoms with Crippen LogP contribution in [0.15, 0.2) is 30.3 Å². The van der Waals surface area contributed by atoms with Crippen LogP contribution in [-0.2, 0) is 25.7 Å². The zero-order valence-electron chi connectivity index (χ0n) is 17.7. The Morgan fingerprint density at radius 1 is 0.964 bits per heavy atom. The van der Waals surface area contributed by atoms with E-state index in [0.717, 1.165) is 24.8 Å². The first-order chi connectivity index (χ1) is 13.4. The highest BCUT2D eigenvalue weighted by molar-refractivity contribution is 5.80. The fourth-order valence-electron chi connectivity index (χ4n) is 2.86. The van der Waals surface area contributed by atoms with Gasteiger partial charge in [-0.3, -0.25) is 4.79 Å². The molecule has 1 rings (SSSR count). The molecule has 5 nitrogen and oxygen atoms in total. The van der Waals surface area contributed by atoms with Crippen molar-refractivity contribution in [2.45, 2.75) is 85.0 Å². The van der Waals surface area contributed by atoms with Crippen LogP contribution in [0.1, 0.15) is 71.8 Å². The van der Waals surface area contributed by atoms with Gasteiger partial charge in [0.05, 0.1) is 12.0 Å². The van der Waals surface area contributed by atoms with E-state index in [1.165, 1.54) is 12.8 Å². The lowest BCUT2D eigenvalue weighted by molar-refractivity contribution is -0.176. The molecular weight excluding hydrogens is 356 g/mol. The van der Waals surface area contributed by atoms with Crippen LogP contribution in [0.25, 0.3) is 0 Å². The topological polar surface area (TPSA) is 72.8 Å². The van der Waals surface area contributed by atoms with Gasteiger partial charge < -0.3 is 14.6 Å².